The first-order valence-corrected chi connectivity index (χ1v) is 8.95. The summed E-state index contributed by atoms with van der Waals surface area (Å²) < 4.78 is 5.00. The molecule has 23 heavy (non-hydrogen) atoms. The normalized spacial score (nSPS) is 26.2. The van der Waals surface area contributed by atoms with Crippen LogP contribution in [0.15, 0.2) is 0 Å². The van der Waals surface area contributed by atoms with E-state index in [9.17, 15) is 9.59 Å². The molecule has 0 aromatic carbocycles. The number of carbonyl (C=O) groups is 2. The molecule has 1 aliphatic heterocycles. The van der Waals surface area contributed by atoms with E-state index in [1.165, 1.54) is 19.3 Å². The van der Waals surface area contributed by atoms with Crippen LogP contribution in [0, 0.1) is 11.8 Å². The Morgan fingerprint density at radius 1 is 1.04 bits per heavy atom. The van der Waals surface area contributed by atoms with Crippen LogP contribution in [0.25, 0.3) is 0 Å². The molecule has 0 unspecified atom stereocenters. The van der Waals surface area contributed by atoms with Gasteiger partial charge >= 0.3 is 6.09 Å². The molecule has 2 atom stereocenters. The Hall–Kier alpha value is -1.30. The fourth-order valence-corrected chi connectivity index (χ4v) is 3.75. The predicted molar refractivity (Wildman–Crippen MR) is 89.1 cm³/mol. The molecule has 2 rings (SSSR count). The van der Waals surface area contributed by atoms with Crippen molar-refractivity contribution in [1.29, 1.82) is 0 Å². The molecule has 0 spiro atoms. The summed E-state index contributed by atoms with van der Waals surface area (Å²) in [6.07, 6.45) is 3.51. The van der Waals surface area contributed by atoms with Gasteiger partial charge in [-0.05, 0) is 31.6 Å². The second-order valence-electron chi connectivity index (χ2n) is 6.86. The number of rotatable bonds is 4. The average molecular weight is 325 g/mol. The van der Waals surface area contributed by atoms with Crippen LogP contribution < -0.4 is 5.32 Å². The van der Waals surface area contributed by atoms with E-state index in [4.69, 9.17) is 4.74 Å². The lowest BCUT2D eigenvalue weighted by molar-refractivity contribution is -0.132. The molecule has 0 bridgehead atoms. The van der Waals surface area contributed by atoms with Gasteiger partial charge in [0, 0.05) is 32.2 Å². The van der Waals surface area contributed by atoms with E-state index in [-0.39, 0.29) is 12.0 Å². The standard InChI is InChI=1S/C17H31N3O3/c1-4-23-17(22)20-10-8-19(9-11-20)15(21)12-18-16-13(2)6-5-7-14(16)3/h13-14,16,18H,4-12H2,1-3H3/t13-,14-/m0/s1. The Bertz CT molecular complexity index is 398. The van der Waals surface area contributed by atoms with Gasteiger partial charge in [-0.2, -0.15) is 0 Å². The van der Waals surface area contributed by atoms with E-state index in [1.54, 1.807) is 11.8 Å². The number of nitrogens with zero attached hydrogens (tertiary/aromatic N) is 2. The molecule has 1 N–H and O–H groups in total. The third-order valence-electron chi connectivity index (χ3n) is 5.19. The molecular formula is C17H31N3O3. The van der Waals surface area contributed by atoms with Crippen molar-refractivity contribution in [2.45, 2.75) is 46.1 Å². The number of hydrogen-bond acceptors (Lipinski definition) is 4. The molecule has 1 aliphatic carbocycles. The summed E-state index contributed by atoms with van der Waals surface area (Å²) in [6, 6.07) is 0.438. The van der Waals surface area contributed by atoms with Crippen molar-refractivity contribution >= 4 is 12.0 Å². The van der Waals surface area contributed by atoms with Crippen LogP contribution in [0.4, 0.5) is 4.79 Å². The number of piperazine rings is 1. The second kappa shape index (κ2) is 8.52. The Kier molecular flexibility index (Phi) is 6.69. The van der Waals surface area contributed by atoms with Gasteiger partial charge in [-0.15, -0.1) is 0 Å². The summed E-state index contributed by atoms with van der Waals surface area (Å²) in [6.45, 7) is 9.44. The van der Waals surface area contributed by atoms with Gasteiger partial charge in [-0.25, -0.2) is 4.79 Å². The summed E-state index contributed by atoms with van der Waals surface area (Å²) in [5, 5.41) is 3.48. The molecule has 1 saturated carbocycles. The van der Waals surface area contributed by atoms with Crippen molar-refractivity contribution in [2.75, 3.05) is 39.3 Å². The van der Waals surface area contributed by atoms with E-state index in [0.29, 0.717) is 57.2 Å². The zero-order valence-corrected chi connectivity index (χ0v) is 14.7. The highest BCUT2D eigenvalue weighted by Gasteiger charge is 2.29. The van der Waals surface area contributed by atoms with E-state index in [2.05, 4.69) is 19.2 Å². The van der Waals surface area contributed by atoms with Crippen LogP contribution in [-0.2, 0) is 9.53 Å². The summed E-state index contributed by atoms with van der Waals surface area (Å²) in [5.41, 5.74) is 0. The largest absolute Gasteiger partial charge is 0.450 e. The van der Waals surface area contributed by atoms with Crippen molar-refractivity contribution in [1.82, 2.24) is 15.1 Å². The highest BCUT2D eigenvalue weighted by Crippen LogP contribution is 2.28. The highest BCUT2D eigenvalue weighted by molar-refractivity contribution is 5.78. The zero-order valence-electron chi connectivity index (χ0n) is 14.7. The van der Waals surface area contributed by atoms with Crippen molar-refractivity contribution in [3.8, 4) is 0 Å². The van der Waals surface area contributed by atoms with Gasteiger partial charge in [0.25, 0.3) is 0 Å². The quantitative estimate of drug-likeness (QED) is 0.854. The molecule has 6 nitrogen and oxygen atoms in total. The number of hydrogen-bond donors (Lipinski definition) is 1. The van der Waals surface area contributed by atoms with E-state index in [0.717, 1.165) is 0 Å². The first-order chi connectivity index (χ1) is 11.0. The van der Waals surface area contributed by atoms with Crippen LogP contribution >= 0.6 is 0 Å². The Labute approximate surface area is 139 Å². The molecule has 0 aromatic rings. The number of ether oxygens (including phenoxy) is 1. The number of amides is 2. The van der Waals surface area contributed by atoms with Gasteiger partial charge in [0.2, 0.25) is 5.91 Å². The van der Waals surface area contributed by atoms with Crippen LogP contribution in [0.2, 0.25) is 0 Å². The fourth-order valence-electron chi connectivity index (χ4n) is 3.75. The van der Waals surface area contributed by atoms with Crippen molar-refractivity contribution in [3.05, 3.63) is 0 Å². The van der Waals surface area contributed by atoms with Crippen LogP contribution in [0.5, 0.6) is 0 Å². The third-order valence-corrected chi connectivity index (χ3v) is 5.19. The molecule has 0 aromatic heterocycles. The van der Waals surface area contributed by atoms with Gasteiger partial charge in [0.15, 0.2) is 0 Å². The Balaban J connectivity index is 1.73. The maximum atomic E-state index is 12.4. The molecule has 2 amide bonds. The third kappa shape index (κ3) is 4.83. The molecule has 1 saturated heterocycles. The smallest absolute Gasteiger partial charge is 0.409 e. The minimum atomic E-state index is -0.275. The second-order valence-corrected chi connectivity index (χ2v) is 6.86. The average Bonchev–Trinajstić information content (AvgIpc) is 2.54. The summed E-state index contributed by atoms with van der Waals surface area (Å²) in [4.78, 5) is 27.6. The molecule has 1 heterocycles. The lowest BCUT2D eigenvalue weighted by Crippen LogP contribution is -2.54. The van der Waals surface area contributed by atoms with E-state index in [1.807, 2.05) is 4.90 Å². The van der Waals surface area contributed by atoms with Crippen molar-refractivity contribution in [3.63, 3.8) is 0 Å². The molecule has 0 radical (unpaired) electrons. The minimum absolute atomic E-state index is 0.137. The van der Waals surface area contributed by atoms with Gasteiger partial charge in [0.1, 0.15) is 0 Å². The molecule has 2 fully saturated rings. The maximum Gasteiger partial charge on any atom is 0.409 e. The first-order valence-electron chi connectivity index (χ1n) is 8.95. The fraction of sp³-hybridized carbons (Fsp3) is 0.882. The van der Waals surface area contributed by atoms with Crippen LogP contribution in [0.1, 0.15) is 40.0 Å². The molecular weight excluding hydrogens is 294 g/mol. The van der Waals surface area contributed by atoms with E-state index >= 15 is 0 Å². The SMILES string of the molecule is CCOC(=O)N1CCN(C(=O)CNC2[C@@H](C)CCC[C@@H]2C)CC1. The lowest BCUT2D eigenvalue weighted by atomic mass is 9.79. The number of carbonyl (C=O) groups excluding carboxylic acids is 2. The first kappa shape index (κ1) is 18.0. The Morgan fingerprint density at radius 2 is 1.61 bits per heavy atom. The summed E-state index contributed by atoms with van der Waals surface area (Å²) in [7, 11) is 0. The van der Waals surface area contributed by atoms with Gasteiger partial charge in [-0.3, -0.25) is 4.79 Å². The molecule has 132 valence electrons. The molecule has 2 aliphatic rings. The summed E-state index contributed by atoms with van der Waals surface area (Å²) in [5.74, 6) is 1.40. The van der Waals surface area contributed by atoms with E-state index < -0.39 is 0 Å². The van der Waals surface area contributed by atoms with Gasteiger partial charge < -0.3 is 19.9 Å². The van der Waals surface area contributed by atoms with Gasteiger partial charge in [-0.1, -0.05) is 20.3 Å². The molecule has 6 heteroatoms. The lowest BCUT2D eigenvalue weighted by Gasteiger charge is -2.37. The minimum Gasteiger partial charge on any atom is -0.450 e. The van der Waals surface area contributed by atoms with Gasteiger partial charge in [0.05, 0.1) is 13.2 Å². The van der Waals surface area contributed by atoms with Crippen LogP contribution in [-0.4, -0.2) is 67.2 Å². The Morgan fingerprint density at radius 3 is 2.17 bits per heavy atom. The number of nitrogens with one attached hydrogen (secondary N) is 1. The summed E-state index contributed by atoms with van der Waals surface area (Å²) >= 11 is 0. The zero-order chi connectivity index (χ0) is 16.8. The topological polar surface area (TPSA) is 61.9 Å². The monoisotopic (exact) mass is 325 g/mol. The van der Waals surface area contributed by atoms with Crippen molar-refractivity contribution in [2.24, 2.45) is 11.8 Å². The maximum absolute atomic E-state index is 12.4. The predicted octanol–water partition coefficient (Wildman–Crippen LogP) is 1.70. The van der Waals surface area contributed by atoms with Crippen molar-refractivity contribution < 1.29 is 14.3 Å². The van der Waals surface area contributed by atoms with Crippen LogP contribution in [0.3, 0.4) is 0 Å². The highest BCUT2D eigenvalue weighted by atomic mass is 16.6.